The SMILES string of the molecule is O=C[C@@]12C[C@@H](C(=O)O)N(C(=O)O)[C@@H]1C2. The molecule has 0 aromatic carbocycles. The van der Waals surface area contributed by atoms with E-state index in [4.69, 9.17) is 10.2 Å². The number of nitrogens with zero attached hydrogens (tertiary/aromatic N) is 1. The van der Waals surface area contributed by atoms with Gasteiger partial charge in [-0.15, -0.1) is 0 Å². The highest BCUT2D eigenvalue weighted by molar-refractivity contribution is 5.84. The minimum atomic E-state index is -1.26. The number of likely N-dealkylation sites (tertiary alicyclic amines) is 1. The smallest absolute Gasteiger partial charge is 0.408 e. The molecule has 14 heavy (non-hydrogen) atoms. The largest absolute Gasteiger partial charge is 0.480 e. The van der Waals surface area contributed by atoms with Crippen molar-refractivity contribution < 1.29 is 24.6 Å². The second kappa shape index (κ2) is 2.46. The number of carbonyl (C=O) groups excluding carboxylic acids is 1. The van der Waals surface area contributed by atoms with Crippen LogP contribution in [0.2, 0.25) is 0 Å². The summed E-state index contributed by atoms with van der Waals surface area (Å²) in [5.74, 6) is -1.18. The monoisotopic (exact) mass is 199 g/mol. The van der Waals surface area contributed by atoms with Gasteiger partial charge in [-0.3, -0.25) is 4.90 Å². The number of hydrogen-bond donors (Lipinski definition) is 2. The maximum atomic E-state index is 10.8. The zero-order valence-electron chi connectivity index (χ0n) is 7.21. The summed E-state index contributed by atoms with van der Waals surface area (Å²) in [7, 11) is 0. The molecular weight excluding hydrogens is 190 g/mol. The van der Waals surface area contributed by atoms with Crippen LogP contribution in [-0.4, -0.2) is 45.5 Å². The lowest BCUT2D eigenvalue weighted by atomic mass is 10.0. The van der Waals surface area contributed by atoms with E-state index in [1.165, 1.54) is 0 Å². The highest BCUT2D eigenvalue weighted by atomic mass is 16.4. The van der Waals surface area contributed by atoms with Crippen molar-refractivity contribution in [3.05, 3.63) is 0 Å². The van der Waals surface area contributed by atoms with Crippen LogP contribution >= 0.6 is 0 Å². The molecule has 1 saturated carbocycles. The molecular formula is C8H9NO5. The molecule has 2 N–H and O–H groups in total. The Kier molecular flexibility index (Phi) is 1.58. The van der Waals surface area contributed by atoms with Gasteiger partial charge >= 0.3 is 12.1 Å². The second-order valence-electron chi connectivity index (χ2n) is 3.82. The lowest BCUT2D eigenvalue weighted by molar-refractivity contribution is -0.142. The standard InChI is InChI=1S/C8H9NO5/c10-3-8-1-4(6(11)12)9(7(13)14)5(8)2-8/h3-5H,1-2H2,(H,11,12)(H,13,14)/t4-,5+,8-/m0/s1. The first-order valence-electron chi connectivity index (χ1n) is 4.22. The van der Waals surface area contributed by atoms with Gasteiger partial charge in [0, 0.05) is 6.04 Å². The molecule has 2 aliphatic rings. The highest BCUT2D eigenvalue weighted by Gasteiger charge is 2.68. The van der Waals surface area contributed by atoms with Gasteiger partial charge in [-0.05, 0) is 12.8 Å². The van der Waals surface area contributed by atoms with Gasteiger partial charge in [-0.1, -0.05) is 0 Å². The fraction of sp³-hybridized carbons (Fsp3) is 0.625. The maximum Gasteiger partial charge on any atom is 0.408 e. The number of aliphatic carboxylic acids is 1. The predicted octanol–water partition coefficient (Wildman–Crippen LogP) is -0.219. The van der Waals surface area contributed by atoms with Crippen molar-refractivity contribution in [3.63, 3.8) is 0 Å². The number of rotatable bonds is 2. The van der Waals surface area contributed by atoms with E-state index in [0.29, 0.717) is 12.7 Å². The van der Waals surface area contributed by atoms with Crippen LogP contribution in [0.3, 0.4) is 0 Å². The fourth-order valence-electron chi connectivity index (χ4n) is 2.22. The quantitative estimate of drug-likeness (QED) is 0.599. The number of carboxylic acid groups (broad SMARTS) is 2. The highest BCUT2D eigenvalue weighted by Crippen LogP contribution is 2.57. The Hall–Kier alpha value is -1.59. The van der Waals surface area contributed by atoms with Crippen LogP contribution in [0.25, 0.3) is 0 Å². The van der Waals surface area contributed by atoms with Gasteiger partial charge in [0.2, 0.25) is 0 Å². The Morgan fingerprint density at radius 2 is 2.00 bits per heavy atom. The first kappa shape index (κ1) is 8.98. The third-order valence-corrected chi connectivity index (χ3v) is 3.06. The first-order valence-corrected chi connectivity index (χ1v) is 4.22. The molecule has 0 unspecified atom stereocenters. The third kappa shape index (κ3) is 0.934. The summed E-state index contributed by atoms with van der Waals surface area (Å²) < 4.78 is 0. The molecule has 6 nitrogen and oxygen atoms in total. The number of amides is 1. The summed E-state index contributed by atoms with van der Waals surface area (Å²) in [5.41, 5.74) is -0.707. The van der Waals surface area contributed by atoms with E-state index < -0.39 is 29.6 Å². The molecule has 1 aliphatic heterocycles. The van der Waals surface area contributed by atoms with Crippen LogP contribution in [0.15, 0.2) is 0 Å². The molecule has 0 aromatic rings. The van der Waals surface area contributed by atoms with Crippen molar-refractivity contribution in [1.29, 1.82) is 0 Å². The van der Waals surface area contributed by atoms with Gasteiger partial charge in [-0.25, -0.2) is 9.59 Å². The normalized spacial score (nSPS) is 39.0. The van der Waals surface area contributed by atoms with Gasteiger partial charge in [0.15, 0.2) is 0 Å². The molecule has 0 bridgehead atoms. The second-order valence-corrected chi connectivity index (χ2v) is 3.82. The van der Waals surface area contributed by atoms with E-state index in [9.17, 15) is 14.4 Å². The van der Waals surface area contributed by atoms with Crippen molar-refractivity contribution in [3.8, 4) is 0 Å². The Balaban J connectivity index is 2.26. The molecule has 0 radical (unpaired) electrons. The number of aldehydes is 1. The van der Waals surface area contributed by atoms with E-state index in [1.807, 2.05) is 0 Å². The van der Waals surface area contributed by atoms with E-state index in [1.54, 1.807) is 0 Å². The van der Waals surface area contributed by atoms with Crippen LogP contribution in [0.4, 0.5) is 4.79 Å². The van der Waals surface area contributed by atoms with E-state index in [-0.39, 0.29) is 6.42 Å². The van der Waals surface area contributed by atoms with Crippen LogP contribution in [0.1, 0.15) is 12.8 Å². The zero-order chi connectivity index (χ0) is 10.5. The van der Waals surface area contributed by atoms with Crippen molar-refractivity contribution in [2.24, 2.45) is 5.41 Å². The molecule has 0 aromatic heterocycles. The van der Waals surface area contributed by atoms with Crippen LogP contribution < -0.4 is 0 Å². The molecule has 1 amide bonds. The van der Waals surface area contributed by atoms with Crippen molar-refractivity contribution in [2.75, 3.05) is 0 Å². The van der Waals surface area contributed by atoms with Gasteiger partial charge in [-0.2, -0.15) is 0 Å². The summed E-state index contributed by atoms with van der Waals surface area (Å²) in [6.07, 6.45) is 0.00924. The lowest BCUT2D eigenvalue weighted by Crippen LogP contribution is -2.42. The average Bonchev–Trinajstić information content (AvgIpc) is 2.71. The molecule has 1 saturated heterocycles. The van der Waals surface area contributed by atoms with E-state index in [0.717, 1.165) is 4.90 Å². The van der Waals surface area contributed by atoms with E-state index in [2.05, 4.69) is 0 Å². The summed E-state index contributed by atoms with van der Waals surface area (Å²) in [4.78, 5) is 33.1. The fourth-order valence-corrected chi connectivity index (χ4v) is 2.22. The Morgan fingerprint density at radius 1 is 1.36 bits per heavy atom. The number of carboxylic acids is 1. The number of carbonyl (C=O) groups is 3. The minimum absolute atomic E-state index is 0.114. The molecule has 2 fully saturated rings. The molecule has 2 rings (SSSR count). The molecule has 6 heteroatoms. The van der Waals surface area contributed by atoms with Crippen LogP contribution in [-0.2, 0) is 9.59 Å². The van der Waals surface area contributed by atoms with Gasteiger partial charge in [0.25, 0.3) is 0 Å². The van der Waals surface area contributed by atoms with E-state index >= 15 is 0 Å². The molecule has 3 atom stereocenters. The molecule has 0 spiro atoms. The predicted molar refractivity (Wildman–Crippen MR) is 42.8 cm³/mol. The molecule has 76 valence electrons. The van der Waals surface area contributed by atoms with Gasteiger partial charge < -0.3 is 15.0 Å². The summed E-state index contributed by atoms with van der Waals surface area (Å²) in [6.45, 7) is 0. The maximum absolute atomic E-state index is 10.8. The van der Waals surface area contributed by atoms with Crippen molar-refractivity contribution in [1.82, 2.24) is 4.90 Å². The Morgan fingerprint density at radius 3 is 2.36 bits per heavy atom. The molecule has 1 heterocycles. The van der Waals surface area contributed by atoms with Crippen LogP contribution in [0.5, 0.6) is 0 Å². The first-order chi connectivity index (χ1) is 6.52. The average molecular weight is 199 g/mol. The third-order valence-electron chi connectivity index (χ3n) is 3.06. The lowest BCUT2D eigenvalue weighted by Gasteiger charge is -2.20. The summed E-state index contributed by atoms with van der Waals surface area (Å²) in [6, 6.07) is -1.48. The Labute approximate surface area is 79.1 Å². The van der Waals surface area contributed by atoms with Gasteiger partial charge in [0.05, 0.1) is 5.41 Å². The van der Waals surface area contributed by atoms with Crippen molar-refractivity contribution in [2.45, 2.75) is 24.9 Å². The Bertz CT molecular complexity index is 328. The number of fused-ring (bicyclic) bond motifs is 1. The summed E-state index contributed by atoms with van der Waals surface area (Å²) >= 11 is 0. The summed E-state index contributed by atoms with van der Waals surface area (Å²) in [5, 5.41) is 17.5. The minimum Gasteiger partial charge on any atom is -0.480 e. The molecule has 1 aliphatic carbocycles. The van der Waals surface area contributed by atoms with Crippen LogP contribution in [0, 0.1) is 5.41 Å². The van der Waals surface area contributed by atoms with Gasteiger partial charge in [0.1, 0.15) is 12.3 Å². The zero-order valence-corrected chi connectivity index (χ0v) is 7.21. The topological polar surface area (TPSA) is 94.9 Å². The number of piperidine rings is 1. The van der Waals surface area contributed by atoms with Crippen molar-refractivity contribution >= 4 is 18.3 Å². The number of hydrogen-bond acceptors (Lipinski definition) is 3.